The molecule has 0 aromatic heterocycles. The summed E-state index contributed by atoms with van der Waals surface area (Å²) < 4.78 is 0. The van der Waals surface area contributed by atoms with Crippen LogP contribution in [0.2, 0.25) is 0 Å². The van der Waals surface area contributed by atoms with Gasteiger partial charge in [0, 0.05) is 26.4 Å². The van der Waals surface area contributed by atoms with Crippen molar-refractivity contribution in [2.45, 2.75) is 40.5 Å². The smallest absolute Gasteiger partial charge is 0.222 e. The fraction of sp³-hybridized carbons (Fsp3) is 0.833. The first-order valence-electron chi connectivity index (χ1n) is 5.88. The van der Waals surface area contributed by atoms with E-state index < -0.39 is 0 Å². The number of oxime groups is 1. The van der Waals surface area contributed by atoms with E-state index in [1.807, 2.05) is 0 Å². The van der Waals surface area contributed by atoms with Gasteiger partial charge in [-0.25, -0.2) is 0 Å². The maximum atomic E-state index is 11.9. The fourth-order valence-corrected chi connectivity index (χ4v) is 1.18. The predicted octanol–water partition coefficient (Wildman–Crippen LogP) is 1.65. The van der Waals surface area contributed by atoms with Gasteiger partial charge in [0.25, 0.3) is 0 Å². The second-order valence-electron chi connectivity index (χ2n) is 5.63. The first kappa shape index (κ1) is 15.7. The average Bonchev–Trinajstić information content (AvgIpc) is 2.23. The average molecular weight is 243 g/mol. The van der Waals surface area contributed by atoms with E-state index >= 15 is 0 Å². The van der Waals surface area contributed by atoms with E-state index in [0.29, 0.717) is 25.3 Å². The Hall–Kier alpha value is -1.26. The maximum Gasteiger partial charge on any atom is 0.222 e. The minimum Gasteiger partial charge on any atom is -0.409 e. The van der Waals surface area contributed by atoms with Crippen LogP contribution in [0.4, 0.5) is 0 Å². The highest BCUT2D eigenvalue weighted by atomic mass is 16.4. The van der Waals surface area contributed by atoms with Gasteiger partial charge >= 0.3 is 0 Å². The Kier molecular flexibility index (Phi) is 5.99. The molecule has 100 valence electrons. The van der Waals surface area contributed by atoms with Crippen LogP contribution in [0.15, 0.2) is 5.16 Å². The fourth-order valence-electron chi connectivity index (χ4n) is 1.18. The number of carbonyl (C=O) groups excluding carboxylic acids is 1. The summed E-state index contributed by atoms with van der Waals surface area (Å²) in [6, 6.07) is 0. The molecule has 1 amide bonds. The highest BCUT2D eigenvalue weighted by molar-refractivity contribution is 5.81. The Labute approximate surface area is 104 Å². The first-order valence-corrected chi connectivity index (χ1v) is 5.88. The molecule has 0 fully saturated rings. The SMILES string of the molecule is CC(CC(=O)N(C)CC/C(N)=N/O)C(C)(C)C. The molecule has 17 heavy (non-hydrogen) atoms. The summed E-state index contributed by atoms with van der Waals surface area (Å²) in [5.41, 5.74) is 5.48. The van der Waals surface area contributed by atoms with Crippen molar-refractivity contribution in [2.75, 3.05) is 13.6 Å². The largest absolute Gasteiger partial charge is 0.409 e. The quantitative estimate of drug-likeness (QED) is 0.333. The van der Waals surface area contributed by atoms with Gasteiger partial charge in [0.1, 0.15) is 5.84 Å². The molecular weight excluding hydrogens is 218 g/mol. The van der Waals surface area contributed by atoms with Gasteiger partial charge in [0.05, 0.1) is 0 Å². The van der Waals surface area contributed by atoms with Gasteiger partial charge in [-0.05, 0) is 11.3 Å². The predicted molar refractivity (Wildman–Crippen MR) is 68.9 cm³/mol. The van der Waals surface area contributed by atoms with Crippen LogP contribution in [0.25, 0.3) is 0 Å². The lowest BCUT2D eigenvalue weighted by Crippen LogP contribution is -2.33. The van der Waals surface area contributed by atoms with Gasteiger partial charge in [-0.1, -0.05) is 32.9 Å². The topological polar surface area (TPSA) is 78.9 Å². The molecule has 1 unspecified atom stereocenters. The molecule has 0 radical (unpaired) electrons. The molecule has 0 aromatic carbocycles. The van der Waals surface area contributed by atoms with Crippen LogP contribution in [0.5, 0.6) is 0 Å². The second-order valence-corrected chi connectivity index (χ2v) is 5.63. The summed E-state index contributed by atoms with van der Waals surface area (Å²) in [7, 11) is 1.74. The molecule has 1 atom stereocenters. The van der Waals surface area contributed by atoms with E-state index in [2.05, 4.69) is 32.9 Å². The summed E-state index contributed by atoms with van der Waals surface area (Å²) in [5.74, 6) is 0.563. The van der Waals surface area contributed by atoms with Gasteiger partial charge in [-0.2, -0.15) is 0 Å². The molecule has 3 N–H and O–H groups in total. The van der Waals surface area contributed by atoms with Crippen molar-refractivity contribution in [3.63, 3.8) is 0 Å². The molecule has 5 heteroatoms. The number of hydrogen-bond acceptors (Lipinski definition) is 3. The van der Waals surface area contributed by atoms with Gasteiger partial charge in [-0.3, -0.25) is 4.79 Å². The van der Waals surface area contributed by atoms with Crippen LogP contribution in [0.3, 0.4) is 0 Å². The third-order valence-corrected chi connectivity index (χ3v) is 3.22. The van der Waals surface area contributed by atoms with Gasteiger partial charge < -0.3 is 15.8 Å². The lowest BCUT2D eigenvalue weighted by atomic mass is 9.80. The molecule has 0 aliphatic carbocycles. The van der Waals surface area contributed by atoms with Crippen LogP contribution in [-0.2, 0) is 4.79 Å². The van der Waals surface area contributed by atoms with Crippen molar-refractivity contribution in [3.05, 3.63) is 0 Å². The standard InChI is InChI=1S/C12H25N3O2/c1-9(12(2,3)4)8-11(16)15(5)7-6-10(13)14-17/h9,17H,6-8H2,1-5H3,(H2,13,14). The Bertz CT molecular complexity index is 282. The van der Waals surface area contributed by atoms with Crippen LogP contribution in [0.1, 0.15) is 40.5 Å². The summed E-state index contributed by atoms with van der Waals surface area (Å²) in [4.78, 5) is 13.5. The van der Waals surface area contributed by atoms with Crippen LogP contribution in [-0.4, -0.2) is 35.4 Å². The molecule has 0 aliphatic rings. The minimum atomic E-state index is 0.0955. The van der Waals surface area contributed by atoms with Crippen molar-refractivity contribution < 1.29 is 10.0 Å². The Morgan fingerprint density at radius 1 is 1.47 bits per heavy atom. The summed E-state index contributed by atoms with van der Waals surface area (Å²) in [5, 5.41) is 11.3. The van der Waals surface area contributed by atoms with Crippen LogP contribution in [0, 0.1) is 11.3 Å². The van der Waals surface area contributed by atoms with Crippen molar-refractivity contribution in [1.82, 2.24) is 4.90 Å². The van der Waals surface area contributed by atoms with Crippen molar-refractivity contribution in [3.8, 4) is 0 Å². The molecular formula is C12H25N3O2. The second kappa shape index (κ2) is 6.47. The number of hydrogen-bond donors (Lipinski definition) is 2. The van der Waals surface area contributed by atoms with Crippen molar-refractivity contribution >= 4 is 11.7 Å². The molecule has 0 rings (SSSR count). The monoisotopic (exact) mass is 243 g/mol. The van der Waals surface area contributed by atoms with Gasteiger partial charge in [0.15, 0.2) is 0 Å². The number of amidine groups is 1. The highest BCUT2D eigenvalue weighted by Gasteiger charge is 2.23. The summed E-state index contributed by atoms with van der Waals surface area (Å²) in [6.45, 7) is 8.94. The van der Waals surface area contributed by atoms with E-state index in [1.54, 1.807) is 11.9 Å². The number of rotatable bonds is 5. The van der Waals surface area contributed by atoms with E-state index in [0.717, 1.165) is 0 Å². The van der Waals surface area contributed by atoms with E-state index in [1.165, 1.54) is 0 Å². The number of nitrogens with two attached hydrogens (primary N) is 1. The Morgan fingerprint density at radius 2 is 2.00 bits per heavy atom. The summed E-state index contributed by atoms with van der Waals surface area (Å²) in [6.07, 6.45) is 0.915. The molecule has 0 saturated heterocycles. The number of nitrogens with zero attached hydrogens (tertiary/aromatic N) is 2. The maximum absolute atomic E-state index is 11.9. The summed E-state index contributed by atoms with van der Waals surface area (Å²) >= 11 is 0. The molecule has 5 nitrogen and oxygen atoms in total. The lowest BCUT2D eigenvalue weighted by molar-refractivity contribution is -0.131. The number of carbonyl (C=O) groups is 1. The van der Waals surface area contributed by atoms with Gasteiger partial charge in [0.2, 0.25) is 5.91 Å². The van der Waals surface area contributed by atoms with E-state index in [-0.39, 0.29) is 17.2 Å². The molecule has 0 aliphatic heterocycles. The van der Waals surface area contributed by atoms with Crippen molar-refractivity contribution in [2.24, 2.45) is 22.2 Å². The molecule has 0 spiro atoms. The minimum absolute atomic E-state index is 0.0955. The third-order valence-electron chi connectivity index (χ3n) is 3.22. The molecule has 0 heterocycles. The number of amides is 1. The lowest BCUT2D eigenvalue weighted by Gasteiger charge is -2.28. The zero-order valence-corrected chi connectivity index (χ0v) is 11.5. The van der Waals surface area contributed by atoms with Crippen LogP contribution < -0.4 is 5.73 Å². The Balaban J connectivity index is 4.15. The third kappa shape index (κ3) is 6.14. The van der Waals surface area contributed by atoms with E-state index in [9.17, 15) is 4.79 Å². The molecule has 0 saturated carbocycles. The highest BCUT2D eigenvalue weighted by Crippen LogP contribution is 2.28. The van der Waals surface area contributed by atoms with Crippen LogP contribution >= 0.6 is 0 Å². The Morgan fingerprint density at radius 3 is 2.41 bits per heavy atom. The first-order chi connectivity index (χ1) is 7.68. The normalized spacial score (nSPS) is 14.5. The van der Waals surface area contributed by atoms with Crippen molar-refractivity contribution in [1.29, 1.82) is 0 Å². The molecule has 0 aromatic rings. The zero-order chi connectivity index (χ0) is 13.6. The zero-order valence-electron chi connectivity index (χ0n) is 11.5. The van der Waals surface area contributed by atoms with E-state index in [4.69, 9.17) is 10.9 Å². The molecule has 0 bridgehead atoms. The van der Waals surface area contributed by atoms with Gasteiger partial charge in [-0.15, -0.1) is 0 Å².